The summed E-state index contributed by atoms with van der Waals surface area (Å²) in [5.41, 5.74) is 6.90. The van der Waals surface area contributed by atoms with Crippen LogP contribution >= 0.6 is 11.6 Å². The molecule has 1 heterocycles. The van der Waals surface area contributed by atoms with Gasteiger partial charge in [-0.05, 0) is 32.0 Å². The fourth-order valence-electron chi connectivity index (χ4n) is 2.39. The summed E-state index contributed by atoms with van der Waals surface area (Å²) < 4.78 is 5.58. The van der Waals surface area contributed by atoms with Gasteiger partial charge in [0.1, 0.15) is 0 Å². The average molecular weight is 312 g/mol. The zero-order valence-corrected chi connectivity index (χ0v) is 13.2. The Labute approximate surface area is 130 Å². The highest BCUT2D eigenvalue weighted by atomic mass is 35.5. The Morgan fingerprint density at radius 1 is 1.52 bits per heavy atom. The molecule has 6 heteroatoms. The third-order valence-electron chi connectivity index (χ3n) is 3.65. The van der Waals surface area contributed by atoms with Crippen molar-refractivity contribution in [2.24, 2.45) is 0 Å². The van der Waals surface area contributed by atoms with E-state index in [0.29, 0.717) is 42.0 Å². The molecule has 0 aliphatic carbocycles. The van der Waals surface area contributed by atoms with Crippen molar-refractivity contribution in [2.75, 3.05) is 30.7 Å². The zero-order valence-electron chi connectivity index (χ0n) is 12.4. The number of nitrogens with two attached hydrogens (primary N) is 1. The van der Waals surface area contributed by atoms with Crippen molar-refractivity contribution in [1.82, 2.24) is 4.90 Å². The molecule has 1 amide bonds. The van der Waals surface area contributed by atoms with E-state index in [1.165, 1.54) is 0 Å². The smallest absolute Gasteiger partial charge is 0.225 e. The molecule has 0 radical (unpaired) electrons. The number of morpholine rings is 1. The van der Waals surface area contributed by atoms with Crippen LogP contribution in [0.1, 0.15) is 20.3 Å². The third kappa shape index (κ3) is 4.59. The Balaban J connectivity index is 1.84. The second kappa shape index (κ2) is 7.11. The van der Waals surface area contributed by atoms with Crippen molar-refractivity contribution in [1.29, 1.82) is 0 Å². The van der Waals surface area contributed by atoms with Crippen molar-refractivity contribution in [3.05, 3.63) is 23.2 Å². The van der Waals surface area contributed by atoms with Gasteiger partial charge in [-0.2, -0.15) is 0 Å². The number of hydrogen-bond donors (Lipinski definition) is 2. The molecule has 1 aromatic carbocycles. The van der Waals surface area contributed by atoms with Gasteiger partial charge in [0.05, 0.1) is 24.1 Å². The van der Waals surface area contributed by atoms with E-state index in [4.69, 9.17) is 22.1 Å². The van der Waals surface area contributed by atoms with Gasteiger partial charge in [0.15, 0.2) is 0 Å². The number of nitrogens with zero attached hydrogens (tertiary/aromatic N) is 1. The molecule has 3 N–H and O–H groups in total. The predicted molar refractivity (Wildman–Crippen MR) is 85.6 cm³/mol. The fourth-order valence-corrected chi connectivity index (χ4v) is 2.57. The van der Waals surface area contributed by atoms with E-state index in [9.17, 15) is 4.79 Å². The Morgan fingerprint density at radius 2 is 2.29 bits per heavy atom. The Kier molecular flexibility index (Phi) is 5.45. The molecular weight excluding hydrogens is 290 g/mol. The summed E-state index contributed by atoms with van der Waals surface area (Å²) >= 11 is 5.83. The first-order chi connectivity index (χ1) is 9.95. The monoisotopic (exact) mass is 311 g/mol. The van der Waals surface area contributed by atoms with Gasteiger partial charge in [-0.25, -0.2) is 0 Å². The van der Waals surface area contributed by atoms with Gasteiger partial charge < -0.3 is 15.8 Å². The number of anilines is 2. The van der Waals surface area contributed by atoms with Crippen LogP contribution in [0.5, 0.6) is 0 Å². The summed E-state index contributed by atoms with van der Waals surface area (Å²) in [4.78, 5) is 14.3. The summed E-state index contributed by atoms with van der Waals surface area (Å²) in [5.74, 6) is -0.0460. The van der Waals surface area contributed by atoms with Crippen LogP contribution in [-0.2, 0) is 9.53 Å². The first-order valence-electron chi connectivity index (χ1n) is 7.16. The standard InChI is InChI=1S/C15H22ClN3O2/c1-10-9-21-11(2)8-19(10)6-5-15(20)18-14-4-3-12(16)7-13(14)17/h3-4,7,10-11H,5-6,8-9,17H2,1-2H3,(H,18,20). The van der Waals surface area contributed by atoms with Crippen molar-refractivity contribution < 1.29 is 9.53 Å². The lowest BCUT2D eigenvalue weighted by Crippen LogP contribution is -2.48. The van der Waals surface area contributed by atoms with E-state index < -0.39 is 0 Å². The van der Waals surface area contributed by atoms with Gasteiger partial charge in [0.2, 0.25) is 5.91 Å². The molecule has 2 unspecified atom stereocenters. The number of ether oxygens (including phenoxy) is 1. The van der Waals surface area contributed by atoms with Crippen LogP contribution in [0.3, 0.4) is 0 Å². The molecule has 1 saturated heterocycles. The fraction of sp³-hybridized carbons (Fsp3) is 0.533. The van der Waals surface area contributed by atoms with E-state index >= 15 is 0 Å². The molecule has 1 aromatic rings. The van der Waals surface area contributed by atoms with Crippen LogP contribution in [0.2, 0.25) is 5.02 Å². The summed E-state index contributed by atoms with van der Waals surface area (Å²) in [6.45, 7) is 6.45. The second-order valence-corrected chi connectivity index (χ2v) is 5.95. The first kappa shape index (κ1) is 16.1. The summed E-state index contributed by atoms with van der Waals surface area (Å²) in [6, 6.07) is 5.39. The summed E-state index contributed by atoms with van der Waals surface area (Å²) in [7, 11) is 0. The topological polar surface area (TPSA) is 67.6 Å². The lowest BCUT2D eigenvalue weighted by Gasteiger charge is -2.36. The molecule has 5 nitrogen and oxygen atoms in total. The Morgan fingerprint density at radius 3 is 3.00 bits per heavy atom. The van der Waals surface area contributed by atoms with Crippen molar-refractivity contribution in [3.8, 4) is 0 Å². The minimum atomic E-state index is -0.0460. The number of rotatable bonds is 4. The van der Waals surface area contributed by atoms with Gasteiger partial charge in [0.25, 0.3) is 0 Å². The van der Waals surface area contributed by atoms with Gasteiger partial charge >= 0.3 is 0 Å². The van der Waals surface area contributed by atoms with Crippen LogP contribution in [0.15, 0.2) is 18.2 Å². The van der Waals surface area contributed by atoms with E-state index in [0.717, 1.165) is 6.54 Å². The molecule has 0 spiro atoms. The van der Waals surface area contributed by atoms with E-state index in [1.807, 2.05) is 6.92 Å². The molecule has 2 atom stereocenters. The van der Waals surface area contributed by atoms with Gasteiger partial charge in [-0.1, -0.05) is 11.6 Å². The number of amides is 1. The number of halogens is 1. The minimum absolute atomic E-state index is 0.0460. The maximum atomic E-state index is 12.0. The van der Waals surface area contributed by atoms with Crippen LogP contribution in [0.25, 0.3) is 0 Å². The molecular formula is C15H22ClN3O2. The molecule has 0 saturated carbocycles. The lowest BCUT2D eigenvalue weighted by atomic mass is 10.2. The number of hydrogen-bond acceptors (Lipinski definition) is 4. The van der Waals surface area contributed by atoms with E-state index in [-0.39, 0.29) is 12.0 Å². The highest BCUT2D eigenvalue weighted by Crippen LogP contribution is 2.22. The lowest BCUT2D eigenvalue weighted by molar-refractivity contribution is -0.117. The highest BCUT2D eigenvalue weighted by Gasteiger charge is 2.23. The molecule has 1 aliphatic heterocycles. The average Bonchev–Trinajstić information content (AvgIpc) is 2.43. The number of carbonyl (C=O) groups excluding carboxylic acids is 1. The maximum absolute atomic E-state index is 12.0. The highest BCUT2D eigenvalue weighted by molar-refractivity contribution is 6.31. The first-order valence-corrected chi connectivity index (χ1v) is 7.54. The Bertz CT molecular complexity index is 510. The van der Waals surface area contributed by atoms with Crippen molar-refractivity contribution in [3.63, 3.8) is 0 Å². The summed E-state index contributed by atoms with van der Waals surface area (Å²) in [6.07, 6.45) is 0.648. The van der Waals surface area contributed by atoms with Crippen LogP contribution in [0, 0.1) is 0 Å². The number of benzene rings is 1. The molecule has 2 rings (SSSR count). The molecule has 1 fully saturated rings. The second-order valence-electron chi connectivity index (χ2n) is 5.52. The largest absolute Gasteiger partial charge is 0.397 e. The van der Waals surface area contributed by atoms with Gasteiger partial charge in [0, 0.05) is 30.6 Å². The number of nitrogens with one attached hydrogen (secondary N) is 1. The van der Waals surface area contributed by atoms with Crippen LogP contribution in [0.4, 0.5) is 11.4 Å². The van der Waals surface area contributed by atoms with E-state index in [1.54, 1.807) is 18.2 Å². The number of nitrogen functional groups attached to an aromatic ring is 1. The third-order valence-corrected chi connectivity index (χ3v) is 3.89. The van der Waals surface area contributed by atoms with Crippen molar-refractivity contribution in [2.45, 2.75) is 32.4 Å². The Hall–Kier alpha value is -1.30. The molecule has 1 aliphatic rings. The quantitative estimate of drug-likeness (QED) is 0.838. The van der Waals surface area contributed by atoms with Crippen LogP contribution in [-0.4, -0.2) is 42.6 Å². The summed E-state index contributed by atoms with van der Waals surface area (Å²) in [5, 5.41) is 3.38. The molecule has 116 valence electrons. The molecule has 0 bridgehead atoms. The SMILES string of the molecule is CC1CN(CCC(=O)Nc2ccc(Cl)cc2N)C(C)CO1. The van der Waals surface area contributed by atoms with E-state index in [2.05, 4.69) is 17.1 Å². The maximum Gasteiger partial charge on any atom is 0.225 e. The molecule has 21 heavy (non-hydrogen) atoms. The minimum Gasteiger partial charge on any atom is -0.397 e. The van der Waals surface area contributed by atoms with Crippen LogP contribution < -0.4 is 11.1 Å². The van der Waals surface area contributed by atoms with Crippen molar-refractivity contribution >= 4 is 28.9 Å². The normalized spacial score (nSPS) is 23.0. The predicted octanol–water partition coefficient (Wildman–Crippen LogP) is 2.36. The number of carbonyl (C=O) groups is 1. The molecule has 0 aromatic heterocycles. The van der Waals surface area contributed by atoms with Gasteiger partial charge in [-0.3, -0.25) is 9.69 Å². The van der Waals surface area contributed by atoms with Gasteiger partial charge in [-0.15, -0.1) is 0 Å². The zero-order chi connectivity index (χ0) is 15.4.